The second kappa shape index (κ2) is 3.92. The van der Waals surface area contributed by atoms with Crippen molar-refractivity contribution in [3.8, 4) is 0 Å². The number of hydrogen-bond donors (Lipinski definition) is 2. The van der Waals surface area contributed by atoms with Crippen LogP contribution in [0.4, 0.5) is 5.69 Å². The van der Waals surface area contributed by atoms with Crippen LogP contribution in [0.2, 0.25) is 0 Å². The second-order valence-corrected chi connectivity index (χ2v) is 4.51. The highest BCUT2D eigenvalue weighted by molar-refractivity contribution is 8.01. The molecule has 0 aromatic heterocycles. The van der Waals surface area contributed by atoms with Gasteiger partial charge < -0.3 is 11.1 Å². The lowest BCUT2D eigenvalue weighted by atomic mass is 10.1. The number of nitrogens with one attached hydrogen (secondary N) is 1. The fourth-order valence-electron chi connectivity index (χ4n) is 1.48. The molecule has 1 heterocycles. The molecule has 1 unspecified atom stereocenters. The van der Waals surface area contributed by atoms with Crippen molar-refractivity contribution in [2.24, 2.45) is 0 Å². The third kappa shape index (κ3) is 2.20. The second-order valence-electron chi connectivity index (χ2n) is 3.32. The van der Waals surface area contributed by atoms with E-state index in [9.17, 15) is 4.79 Å². The number of carbonyl (C=O) groups is 1. The van der Waals surface area contributed by atoms with Crippen LogP contribution in [0.25, 0.3) is 0 Å². The first-order chi connectivity index (χ1) is 6.74. The van der Waals surface area contributed by atoms with Crippen molar-refractivity contribution in [1.29, 1.82) is 0 Å². The van der Waals surface area contributed by atoms with E-state index in [0.29, 0.717) is 5.75 Å². The molecular formula is C10H12N2OS. The monoisotopic (exact) mass is 208 g/mol. The number of benzene rings is 1. The predicted octanol–water partition coefficient (Wildman–Crippen LogP) is 1.00. The molecule has 14 heavy (non-hydrogen) atoms. The summed E-state index contributed by atoms with van der Waals surface area (Å²) < 4.78 is 0. The fraction of sp³-hybridized carbons (Fsp3) is 0.300. The summed E-state index contributed by atoms with van der Waals surface area (Å²) in [6.07, 6.45) is 0.849. The van der Waals surface area contributed by atoms with Crippen LogP contribution in [-0.4, -0.2) is 17.0 Å². The Bertz CT molecular complexity index is 354. The number of thioether (sulfide) groups is 1. The minimum Gasteiger partial charge on any atom is -0.399 e. The van der Waals surface area contributed by atoms with E-state index in [1.807, 2.05) is 24.3 Å². The highest BCUT2D eigenvalue weighted by Gasteiger charge is 2.21. The summed E-state index contributed by atoms with van der Waals surface area (Å²) in [7, 11) is 0. The van der Waals surface area contributed by atoms with Crippen molar-refractivity contribution in [1.82, 2.24) is 5.32 Å². The molecule has 0 bridgehead atoms. The summed E-state index contributed by atoms with van der Waals surface area (Å²) in [6, 6.07) is 7.78. The van der Waals surface area contributed by atoms with Gasteiger partial charge in [-0.05, 0) is 17.7 Å². The summed E-state index contributed by atoms with van der Waals surface area (Å²) in [5.41, 5.74) is 7.61. The number of amides is 1. The van der Waals surface area contributed by atoms with Crippen LogP contribution in [0, 0.1) is 0 Å². The number of nitrogen functional groups attached to an aromatic ring is 1. The molecule has 1 aliphatic heterocycles. The first-order valence-electron chi connectivity index (χ1n) is 4.49. The lowest BCUT2D eigenvalue weighted by Crippen LogP contribution is -2.26. The Morgan fingerprint density at radius 1 is 1.57 bits per heavy atom. The zero-order valence-electron chi connectivity index (χ0n) is 7.69. The van der Waals surface area contributed by atoms with Crippen LogP contribution < -0.4 is 11.1 Å². The predicted molar refractivity (Wildman–Crippen MR) is 58.9 cm³/mol. The maximum atomic E-state index is 11.0. The lowest BCUT2D eigenvalue weighted by molar-refractivity contribution is -0.118. The van der Waals surface area contributed by atoms with Crippen LogP contribution in [0.3, 0.4) is 0 Å². The molecule has 1 amide bonds. The van der Waals surface area contributed by atoms with E-state index >= 15 is 0 Å². The summed E-state index contributed by atoms with van der Waals surface area (Å²) in [5.74, 6) is 0.705. The maximum absolute atomic E-state index is 11.0. The van der Waals surface area contributed by atoms with Gasteiger partial charge in [0.05, 0.1) is 11.1 Å². The van der Waals surface area contributed by atoms with Gasteiger partial charge in [-0.3, -0.25) is 4.79 Å². The van der Waals surface area contributed by atoms with Gasteiger partial charge in [0.1, 0.15) is 0 Å². The molecule has 0 aliphatic carbocycles. The van der Waals surface area contributed by atoms with Gasteiger partial charge in [0.2, 0.25) is 5.91 Å². The van der Waals surface area contributed by atoms with Crippen molar-refractivity contribution in [3.63, 3.8) is 0 Å². The zero-order chi connectivity index (χ0) is 9.97. The molecule has 1 aromatic carbocycles. The zero-order valence-corrected chi connectivity index (χ0v) is 8.51. The minimum atomic E-state index is 0.129. The number of nitrogens with two attached hydrogens (primary N) is 1. The SMILES string of the molecule is Nc1cccc(CC2NC(=O)CS2)c1. The summed E-state index contributed by atoms with van der Waals surface area (Å²) in [5, 5.41) is 3.12. The molecule has 1 aliphatic rings. The third-order valence-electron chi connectivity index (χ3n) is 2.11. The molecule has 1 aromatic rings. The summed E-state index contributed by atoms with van der Waals surface area (Å²) in [6.45, 7) is 0. The van der Waals surface area contributed by atoms with Gasteiger partial charge >= 0.3 is 0 Å². The van der Waals surface area contributed by atoms with E-state index in [-0.39, 0.29) is 11.3 Å². The number of carbonyl (C=O) groups excluding carboxylic acids is 1. The van der Waals surface area contributed by atoms with E-state index in [1.165, 1.54) is 5.56 Å². The molecule has 2 rings (SSSR count). The van der Waals surface area contributed by atoms with E-state index in [0.717, 1.165) is 12.1 Å². The van der Waals surface area contributed by atoms with Crippen LogP contribution >= 0.6 is 11.8 Å². The molecule has 3 N–H and O–H groups in total. The molecule has 4 heteroatoms. The Morgan fingerprint density at radius 2 is 2.43 bits per heavy atom. The van der Waals surface area contributed by atoms with Gasteiger partial charge in [0, 0.05) is 12.1 Å². The van der Waals surface area contributed by atoms with Crippen molar-refractivity contribution in [2.75, 3.05) is 11.5 Å². The molecule has 0 spiro atoms. The van der Waals surface area contributed by atoms with Gasteiger partial charge in [-0.15, -0.1) is 11.8 Å². The Morgan fingerprint density at radius 3 is 3.07 bits per heavy atom. The molecule has 0 saturated carbocycles. The number of hydrogen-bond acceptors (Lipinski definition) is 3. The van der Waals surface area contributed by atoms with E-state index in [2.05, 4.69) is 5.32 Å². The molecule has 3 nitrogen and oxygen atoms in total. The standard InChI is InChI=1S/C10H12N2OS/c11-8-3-1-2-7(4-8)5-10-12-9(13)6-14-10/h1-4,10H,5-6,11H2,(H,12,13). The van der Waals surface area contributed by atoms with Crippen molar-refractivity contribution < 1.29 is 4.79 Å². The Balaban J connectivity index is 2.00. The molecular weight excluding hydrogens is 196 g/mol. The van der Waals surface area contributed by atoms with Gasteiger partial charge in [-0.1, -0.05) is 12.1 Å². The largest absolute Gasteiger partial charge is 0.399 e. The van der Waals surface area contributed by atoms with E-state index < -0.39 is 0 Å². The van der Waals surface area contributed by atoms with Crippen LogP contribution in [0.5, 0.6) is 0 Å². The minimum absolute atomic E-state index is 0.129. The average molecular weight is 208 g/mol. The topological polar surface area (TPSA) is 55.1 Å². The maximum Gasteiger partial charge on any atom is 0.230 e. The van der Waals surface area contributed by atoms with E-state index in [1.54, 1.807) is 11.8 Å². The fourth-order valence-corrected chi connectivity index (χ4v) is 2.44. The Hall–Kier alpha value is -1.16. The lowest BCUT2D eigenvalue weighted by Gasteiger charge is -2.09. The van der Waals surface area contributed by atoms with Crippen molar-refractivity contribution in [2.45, 2.75) is 11.8 Å². The smallest absolute Gasteiger partial charge is 0.230 e. The highest BCUT2D eigenvalue weighted by Crippen LogP contribution is 2.19. The quantitative estimate of drug-likeness (QED) is 0.713. The third-order valence-corrected chi connectivity index (χ3v) is 3.23. The average Bonchev–Trinajstić information content (AvgIpc) is 2.51. The number of rotatable bonds is 2. The van der Waals surface area contributed by atoms with Gasteiger partial charge in [-0.25, -0.2) is 0 Å². The first-order valence-corrected chi connectivity index (χ1v) is 5.54. The summed E-state index contributed by atoms with van der Waals surface area (Å²) in [4.78, 5) is 11.0. The van der Waals surface area contributed by atoms with E-state index in [4.69, 9.17) is 5.73 Å². The van der Waals surface area contributed by atoms with Gasteiger partial charge in [-0.2, -0.15) is 0 Å². The molecule has 1 fully saturated rings. The van der Waals surface area contributed by atoms with Gasteiger partial charge in [0.15, 0.2) is 0 Å². The Kier molecular flexibility index (Phi) is 2.63. The van der Waals surface area contributed by atoms with Gasteiger partial charge in [0.25, 0.3) is 0 Å². The Labute approximate surface area is 87.1 Å². The van der Waals surface area contributed by atoms with Crippen LogP contribution in [0.1, 0.15) is 5.56 Å². The molecule has 74 valence electrons. The normalized spacial score (nSPS) is 20.9. The van der Waals surface area contributed by atoms with Crippen molar-refractivity contribution >= 4 is 23.4 Å². The van der Waals surface area contributed by atoms with Crippen LogP contribution in [0.15, 0.2) is 24.3 Å². The molecule has 1 atom stereocenters. The van der Waals surface area contributed by atoms with Crippen LogP contribution in [-0.2, 0) is 11.2 Å². The highest BCUT2D eigenvalue weighted by atomic mass is 32.2. The molecule has 0 radical (unpaired) electrons. The summed E-state index contributed by atoms with van der Waals surface area (Å²) >= 11 is 1.65. The van der Waals surface area contributed by atoms with Crippen molar-refractivity contribution in [3.05, 3.63) is 29.8 Å². The first kappa shape index (κ1) is 9.40. The number of anilines is 1. The molecule has 1 saturated heterocycles.